The molecule has 0 radical (unpaired) electrons. The van der Waals surface area contributed by atoms with Crippen LogP contribution in [0.15, 0.2) is 0 Å². The molecule has 2 saturated heterocycles. The highest BCUT2D eigenvalue weighted by Gasteiger charge is 2.43. The first-order chi connectivity index (χ1) is 9.74. The summed E-state index contributed by atoms with van der Waals surface area (Å²) < 4.78 is 0. The molecule has 1 saturated carbocycles. The molecule has 0 aromatic heterocycles. The Morgan fingerprint density at radius 2 is 1.95 bits per heavy atom. The number of likely N-dealkylation sites (tertiary alicyclic amines) is 1. The van der Waals surface area contributed by atoms with Crippen LogP contribution in [0, 0.1) is 11.3 Å². The SMILES string of the molecule is O=C1NCC2C1CCCN2CC1(CBr)CCCCCC1. The Morgan fingerprint density at radius 3 is 2.65 bits per heavy atom. The van der Waals surface area contributed by atoms with Crippen molar-refractivity contribution in [3.05, 3.63) is 0 Å². The molecule has 0 aromatic rings. The van der Waals surface area contributed by atoms with Gasteiger partial charge in [0.15, 0.2) is 0 Å². The molecule has 4 heteroatoms. The van der Waals surface area contributed by atoms with Gasteiger partial charge >= 0.3 is 0 Å². The van der Waals surface area contributed by atoms with E-state index >= 15 is 0 Å². The normalized spacial score (nSPS) is 34.4. The minimum absolute atomic E-state index is 0.266. The van der Waals surface area contributed by atoms with Gasteiger partial charge in [-0.2, -0.15) is 0 Å². The van der Waals surface area contributed by atoms with Crippen molar-refractivity contribution in [2.75, 3.05) is 25.0 Å². The lowest BCUT2D eigenvalue weighted by Crippen LogP contribution is -2.50. The average molecular weight is 343 g/mol. The molecule has 3 rings (SSSR count). The number of amides is 1. The lowest BCUT2D eigenvalue weighted by atomic mass is 9.80. The summed E-state index contributed by atoms with van der Waals surface area (Å²) in [6, 6.07) is 0.468. The summed E-state index contributed by atoms with van der Waals surface area (Å²) in [5, 5.41) is 4.20. The first kappa shape index (κ1) is 14.8. The van der Waals surface area contributed by atoms with Crippen molar-refractivity contribution >= 4 is 21.8 Å². The highest BCUT2D eigenvalue weighted by Crippen LogP contribution is 2.39. The van der Waals surface area contributed by atoms with Crippen LogP contribution >= 0.6 is 15.9 Å². The van der Waals surface area contributed by atoms with Crippen LogP contribution in [-0.4, -0.2) is 41.8 Å². The lowest BCUT2D eigenvalue weighted by molar-refractivity contribution is -0.124. The third kappa shape index (κ3) is 2.92. The number of rotatable bonds is 3. The predicted molar refractivity (Wildman–Crippen MR) is 85.0 cm³/mol. The summed E-state index contributed by atoms with van der Waals surface area (Å²) in [4.78, 5) is 14.5. The summed E-state index contributed by atoms with van der Waals surface area (Å²) >= 11 is 3.80. The maximum absolute atomic E-state index is 11.9. The monoisotopic (exact) mass is 342 g/mol. The predicted octanol–water partition coefficient (Wildman–Crippen LogP) is 2.93. The molecule has 3 nitrogen and oxygen atoms in total. The van der Waals surface area contributed by atoms with Crippen molar-refractivity contribution in [2.45, 2.75) is 57.4 Å². The van der Waals surface area contributed by atoms with Gasteiger partial charge in [0.2, 0.25) is 5.91 Å². The van der Waals surface area contributed by atoms with Crippen LogP contribution in [0.25, 0.3) is 0 Å². The van der Waals surface area contributed by atoms with Crippen molar-refractivity contribution in [1.82, 2.24) is 10.2 Å². The van der Waals surface area contributed by atoms with Crippen LogP contribution in [0.1, 0.15) is 51.4 Å². The number of nitrogens with zero attached hydrogens (tertiary/aromatic N) is 1. The van der Waals surface area contributed by atoms with Gasteiger partial charge < -0.3 is 5.32 Å². The van der Waals surface area contributed by atoms with E-state index in [1.54, 1.807) is 0 Å². The van der Waals surface area contributed by atoms with Crippen LogP contribution < -0.4 is 5.32 Å². The number of hydrogen-bond acceptors (Lipinski definition) is 2. The van der Waals surface area contributed by atoms with Crippen LogP contribution in [0.5, 0.6) is 0 Å². The molecule has 2 aliphatic heterocycles. The first-order valence-corrected chi connectivity index (χ1v) is 9.44. The third-order valence-electron chi connectivity index (χ3n) is 5.70. The molecule has 1 amide bonds. The van der Waals surface area contributed by atoms with Gasteiger partial charge in [0, 0.05) is 24.5 Å². The summed E-state index contributed by atoms with van der Waals surface area (Å²) in [5.41, 5.74) is 0.448. The van der Waals surface area contributed by atoms with E-state index in [0.29, 0.717) is 17.4 Å². The molecule has 1 aliphatic carbocycles. The average Bonchev–Trinajstić information content (AvgIpc) is 2.71. The van der Waals surface area contributed by atoms with Gasteiger partial charge in [-0.1, -0.05) is 41.6 Å². The number of nitrogens with one attached hydrogen (secondary N) is 1. The van der Waals surface area contributed by atoms with Crippen LogP contribution in [0.2, 0.25) is 0 Å². The van der Waals surface area contributed by atoms with Crippen LogP contribution in [0.4, 0.5) is 0 Å². The van der Waals surface area contributed by atoms with Crippen molar-refractivity contribution in [1.29, 1.82) is 0 Å². The summed E-state index contributed by atoms with van der Waals surface area (Å²) in [5.74, 6) is 0.565. The maximum atomic E-state index is 11.9. The first-order valence-electron chi connectivity index (χ1n) is 8.32. The topological polar surface area (TPSA) is 32.3 Å². The fraction of sp³-hybridized carbons (Fsp3) is 0.938. The van der Waals surface area contributed by atoms with E-state index in [9.17, 15) is 4.79 Å². The van der Waals surface area contributed by atoms with Gasteiger partial charge in [-0.05, 0) is 37.6 Å². The van der Waals surface area contributed by atoms with E-state index in [2.05, 4.69) is 26.1 Å². The second-order valence-corrected chi connectivity index (χ2v) is 7.64. The van der Waals surface area contributed by atoms with Gasteiger partial charge in [-0.15, -0.1) is 0 Å². The zero-order valence-corrected chi connectivity index (χ0v) is 14.0. The Labute approximate surface area is 131 Å². The number of alkyl halides is 1. The number of carbonyl (C=O) groups excluding carboxylic acids is 1. The molecule has 2 heterocycles. The molecular formula is C16H27BrN2O. The Kier molecular flexibility index (Phi) is 4.71. The highest BCUT2D eigenvalue weighted by atomic mass is 79.9. The molecule has 2 unspecified atom stereocenters. The highest BCUT2D eigenvalue weighted by molar-refractivity contribution is 9.09. The Bertz CT molecular complexity index is 352. The van der Waals surface area contributed by atoms with E-state index < -0.39 is 0 Å². The standard InChI is InChI=1S/C16H27BrN2O/c17-11-16(7-3-1-2-4-8-16)12-19-9-5-6-13-14(19)10-18-15(13)20/h13-14H,1-12H2,(H,18,20). The molecule has 2 atom stereocenters. The molecule has 0 aromatic carbocycles. The van der Waals surface area contributed by atoms with Crippen LogP contribution in [-0.2, 0) is 4.79 Å². The van der Waals surface area contributed by atoms with Crippen molar-refractivity contribution in [2.24, 2.45) is 11.3 Å². The fourth-order valence-corrected chi connectivity index (χ4v) is 5.22. The van der Waals surface area contributed by atoms with Crippen molar-refractivity contribution < 1.29 is 4.79 Å². The zero-order valence-electron chi connectivity index (χ0n) is 12.4. The van der Waals surface area contributed by atoms with Gasteiger partial charge in [0.05, 0.1) is 5.92 Å². The molecule has 114 valence electrons. The molecule has 3 fully saturated rings. The van der Waals surface area contributed by atoms with Crippen molar-refractivity contribution in [3.8, 4) is 0 Å². The van der Waals surface area contributed by atoms with Gasteiger partial charge in [-0.25, -0.2) is 0 Å². The van der Waals surface area contributed by atoms with Gasteiger partial charge in [0.25, 0.3) is 0 Å². The molecular weight excluding hydrogens is 316 g/mol. The molecule has 1 N–H and O–H groups in total. The van der Waals surface area contributed by atoms with Crippen LogP contribution in [0.3, 0.4) is 0 Å². The Hall–Kier alpha value is -0.0900. The molecule has 0 spiro atoms. The van der Waals surface area contributed by atoms with E-state index in [-0.39, 0.29) is 5.92 Å². The molecule has 20 heavy (non-hydrogen) atoms. The Morgan fingerprint density at radius 1 is 1.20 bits per heavy atom. The lowest BCUT2D eigenvalue weighted by Gasteiger charge is -2.43. The number of carbonyl (C=O) groups is 1. The summed E-state index contributed by atoms with van der Waals surface area (Å²) in [6.07, 6.45) is 10.6. The fourth-order valence-electron chi connectivity index (χ4n) is 4.48. The minimum atomic E-state index is 0.266. The molecule has 0 bridgehead atoms. The second kappa shape index (κ2) is 6.35. The minimum Gasteiger partial charge on any atom is -0.354 e. The number of fused-ring (bicyclic) bond motifs is 1. The van der Waals surface area contributed by atoms with E-state index in [1.807, 2.05) is 0 Å². The van der Waals surface area contributed by atoms with Crippen molar-refractivity contribution in [3.63, 3.8) is 0 Å². The van der Waals surface area contributed by atoms with E-state index in [1.165, 1.54) is 58.0 Å². The smallest absolute Gasteiger partial charge is 0.224 e. The number of halogens is 1. The van der Waals surface area contributed by atoms with Gasteiger partial charge in [-0.3, -0.25) is 9.69 Å². The summed E-state index contributed by atoms with van der Waals surface area (Å²) in [7, 11) is 0. The maximum Gasteiger partial charge on any atom is 0.224 e. The third-order valence-corrected chi connectivity index (χ3v) is 6.89. The number of hydrogen-bond donors (Lipinski definition) is 1. The second-order valence-electron chi connectivity index (χ2n) is 7.08. The van der Waals surface area contributed by atoms with Gasteiger partial charge in [0.1, 0.15) is 0 Å². The quantitative estimate of drug-likeness (QED) is 0.631. The zero-order chi connectivity index (χ0) is 14.0. The molecule has 3 aliphatic rings. The van der Waals surface area contributed by atoms with E-state index in [4.69, 9.17) is 0 Å². The number of piperidine rings is 1. The summed E-state index contributed by atoms with van der Waals surface area (Å²) in [6.45, 7) is 3.25. The largest absolute Gasteiger partial charge is 0.354 e. The van der Waals surface area contributed by atoms with E-state index in [0.717, 1.165) is 18.3 Å². The Balaban J connectivity index is 1.70.